The molecule has 1 aromatic heterocycles. The number of carbonyl (C=O) groups is 1. The van der Waals surface area contributed by atoms with Gasteiger partial charge >= 0.3 is 5.97 Å². The molecule has 2 aromatic rings. The summed E-state index contributed by atoms with van der Waals surface area (Å²) < 4.78 is 20.4. The van der Waals surface area contributed by atoms with Gasteiger partial charge in [0, 0.05) is 26.2 Å². The first-order chi connectivity index (χ1) is 12.9. The maximum absolute atomic E-state index is 13.2. The lowest BCUT2D eigenvalue weighted by atomic mass is 10.2. The smallest absolute Gasteiger partial charge is 0.317 e. The fourth-order valence-corrected chi connectivity index (χ4v) is 3.32. The van der Waals surface area contributed by atoms with Gasteiger partial charge in [0.05, 0.1) is 41.9 Å². The topological polar surface area (TPSA) is 83.7 Å². The van der Waals surface area contributed by atoms with Gasteiger partial charge in [0.15, 0.2) is 0 Å². The van der Waals surface area contributed by atoms with Crippen molar-refractivity contribution in [2.75, 3.05) is 39.8 Å². The van der Waals surface area contributed by atoms with Crippen molar-refractivity contribution in [3.05, 3.63) is 40.9 Å². The molecule has 10 heteroatoms. The Morgan fingerprint density at radius 2 is 2.33 bits per heavy atom. The van der Waals surface area contributed by atoms with Gasteiger partial charge < -0.3 is 9.84 Å². The Morgan fingerprint density at radius 3 is 3.07 bits per heavy atom. The second-order valence-electron chi connectivity index (χ2n) is 6.57. The van der Waals surface area contributed by atoms with E-state index in [1.165, 1.54) is 16.8 Å². The monoisotopic (exact) mass is 397 g/mol. The number of halogens is 2. The molecule has 146 valence electrons. The van der Waals surface area contributed by atoms with Gasteiger partial charge in [-0.25, -0.2) is 9.07 Å². The summed E-state index contributed by atoms with van der Waals surface area (Å²) in [6, 6.07) is 4.11. The Morgan fingerprint density at radius 1 is 1.52 bits per heavy atom. The van der Waals surface area contributed by atoms with Gasteiger partial charge in [-0.2, -0.15) is 0 Å². The first-order valence-electron chi connectivity index (χ1n) is 8.51. The van der Waals surface area contributed by atoms with Crippen molar-refractivity contribution in [2.24, 2.45) is 0 Å². The van der Waals surface area contributed by atoms with E-state index in [4.69, 9.17) is 21.4 Å². The lowest BCUT2D eigenvalue weighted by molar-refractivity contribution is -0.138. The van der Waals surface area contributed by atoms with Crippen LogP contribution in [0.1, 0.15) is 5.69 Å². The molecule has 8 nitrogen and oxygen atoms in total. The van der Waals surface area contributed by atoms with Crippen molar-refractivity contribution in [2.45, 2.75) is 12.6 Å². The summed E-state index contributed by atoms with van der Waals surface area (Å²) in [7, 11) is 1.76. The fourth-order valence-electron chi connectivity index (χ4n) is 3.06. The third kappa shape index (κ3) is 5.46. The third-order valence-electron chi connectivity index (χ3n) is 4.23. The van der Waals surface area contributed by atoms with Crippen LogP contribution in [-0.2, 0) is 16.1 Å². The Labute approximate surface area is 161 Å². The van der Waals surface area contributed by atoms with Crippen LogP contribution >= 0.6 is 11.6 Å². The van der Waals surface area contributed by atoms with Crippen LogP contribution in [0.15, 0.2) is 24.4 Å². The van der Waals surface area contributed by atoms with Gasteiger partial charge in [-0.05, 0) is 25.2 Å². The molecule has 1 unspecified atom stereocenters. The van der Waals surface area contributed by atoms with Crippen LogP contribution in [0, 0.1) is 5.82 Å². The predicted octanol–water partition coefficient (Wildman–Crippen LogP) is 1.28. The Balaban J connectivity index is 1.59. The molecule has 1 atom stereocenters. The first kappa shape index (κ1) is 19.7. The predicted molar refractivity (Wildman–Crippen MR) is 96.5 cm³/mol. The highest BCUT2D eigenvalue weighted by Crippen LogP contribution is 2.21. The molecular weight excluding hydrogens is 377 g/mol. The van der Waals surface area contributed by atoms with Crippen LogP contribution in [0.25, 0.3) is 5.69 Å². The van der Waals surface area contributed by atoms with Gasteiger partial charge in [-0.3, -0.25) is 14.6 Å². The number of carboxylic acids is 1. The van der Waals surface area contributed by atoms with E-state index in [0.29, 0.717) is 31.9 Å². The zero-order valence-electron chi connectivity index (χ0n) is 14.9. The molecule has 1 fully saturated rings. The molecule has 0 bridgehead atoms. The lowest BCUT2D eigenvalue weighted by Gasteiger charge is -2.34. The third-order valence-corrected chi connectivity index (χ3v) is 4.53. The Bertz CT molecular complexity index is 803. The summed E-state index contributed by atoms with van der Waals surface area (Å²) >= 11 is 6.07. The summed E-state index contributed by atoms with van der Waals surface area (Å²) in [6.07, 6.45) is 1.70. The molecule has 0 spiro atoms. The van der Waals surface area contributed by atoms with Gasteiger partial charge in [0.2, 0.25) is 0 Å². The van der Waals surface area contributed by atoms with E-state index in [0.717, 1.165) is 12.2 Å². The lowest BCUT2D eigenvalue weighted by Crippen LogP contribution is -2.47. The minimum absolute atomic E-state index is 0.0212. The Hall–Kier alpha value is -2.07. The molecule has 1 aliphatic heterocycles. The van der Waals surface area contributed by atoms with Crippen molar-refractivity contribution in [1.29, 1.82) is 0 Å². The van der Waals surface area contributed by atoms with Gasteiger partial charge in [-0.15, -0.1) is 5.10 Å². The maximum Gasteiger partial charge on any atom is 0.317 e. The fraction of sp³-hybridized carbons (Fsp3) is 0.471. The average molecular weight is 398 g/mol. The van der Waals surface area contributed by atoms with Crippen molar-refractivity contribution < 1.29 is 19.0 Å². The second-order valence-corrected chi connectivity index (χ2v) is 6.98. The van der Waals surface area contributed by atoms with Crippen molar-refractivity contribution in [3.63, 3.8) is 0 Å². The number of hydrogen-bond acceptors (Lipinski definition) is 6. The number of rotatable bonds is 7. The van der Waals surface area contributed by atoms with Crippen molar-refractivity contribution >= 4 is 17.6 Å². The van der Waals surface area contributed by atoms with E-state index in [-0.39, 0.29) is 17.7 Å². The maximum atomic E-state index is 13.2. The molecule has 0 radical (unpaired) electrons. The normalized spacial score (nSPS) is 18.1. The molecule has 1 saturated heterocycles. The van der Waals surface area contributed by atoms with Crippen molar-refractivity contribution in [3.8, 4) is 5.69 Å². The first-order valence-corrected chi connectivity index (χ1v) is 8.89. The van der Waals surface area contributed by atoms with E-state index in [9.17, 15) is 9.18 Å². The molecule has 1 aliphatic rings. The second kappa shape index (κ2) is 8.75. The van der Waals surface area contributed by atoms with E-state index < -0.39 is 11.8 Å². The van der Waals surface area contributed by atoms with Crippen LogP contribution in [-0.4, -0.2) is 81.8 Å². The Kier molecular flexibility index (Phi) is 6.38. The highest BCUT2D eigenvalue weighted by Gasteiger charge is 2.23. The van der Waals surface area contributed by atoms with Gasteiger partial charge in [0.25, 0.3) is 0 Å². The number of ether oxygens (including phenoxy) is 1. The highest BCUT2D eigenvalue weighted by atomic mass is 35.5. The summed E-state index contributed by atoms with van der Waals surface area (Å²) in [4.78, 5) is 14.7. The molecule has 2 heterocycles. The number of carboxylic acid groups (broad SMARTS) is 1. The SMILES string of the molecule is CN(CC(=O)O)CC1CN(Cc2cn(-c3ccc(F)cc3Cl)nn2)CCO1. The number of likely N-dealkylation sites (N-methyl/N-ethyl adjacent to an activating group) is 1. The summed E-state index contributed by atoms with van der Waals surface area (Å²) in [6.45, 7) is 3.11. The number of morpholine rings is 1. The molecule has 1 N–H and O–H groups in total. The minimum atomic E-state index is -0.860. The molecule has 0 saturated carbocycles. The van der Waals surface area contributed by atoms with E-state index in [2.05, 4.69) is 15.2 Å². The number of aromatic nitrogens is 3. The van der Waals surface area contributed by atoms with Crippen molar-refractivity contribution in [1.82, 2.24) is 24.8 Å². The van der Waals surface area contributed by atoms with Crippen LogP contribution in [0.3, 0.4) is 0 Å². The zero-order chi connectivity index (χ0) is 19.4. The number of benzene rings is 1. The highest BCUT2D eigenvalue weighted by molar-refractivity contribution is 6.32. The number of aliphatic carboxylic acids is 1. The molecule has 1 aromatic carbocycles. The summed E-state index contributed by atoms with van der Waals surface area (Å²) in [5, 5.41) is 17.4. The molecule has 27 heavy (non-hydrogen) atoms. The summed E-state index contributed by atoms with van der Waals surface area (Å²) in [5.74, 6) is -1.27. The van der Waals surface area contributed by atoms with Crippen LogP contribution in [0.5, 0.6) is 0 Å². The van der Waals surface area contributed by atoms with E-state index >= 15 is 0 Å². The molecule has 3 rings (SSSR count). The molecule has 0 amide bonds. The number of nitrogens with zero attached hydrogens (tertiary/aromatic N) is 5. The average Bonchev–Trinajstić information content (AvgIpc) is 3.02. The van der Waals surface area contributed by atoms with Gasteiger partial charge in [-0.1, -0.05) is 16.8 Å². The number of hydrogen-bond donors (Lipinski definition) is 1. The minimum Gasteiger partial charge on any atom is -0.480 e. The molecule has 0 aliphatic carbocycles. The zero-order valence-corrected chi connectivity index (χ0v) is 15.6. The van der Waals surface area contributed by atoms with Crippen LogP contribution < -0.4 is 0 Å². The van der Waals surface area contributed by atoms with Crippen LogP contribution in [0.2, 0.25) is 5.02 Å². The van der Waals surface area contributed by atoms with Crippen LogP contribution in [0.4, 0.5) is 4.39 Å². The van der Waals surface area contributed by atoms with E-state index in [1.54, 1.807) is 24.2 Å². The largest absolute Gasteiger partial charge is 0.480 e. The summed E-state index contributed by atoms with van der Waals surface area (Å²) in [5.41, 5.74) is 1.32. The van der Waals surface area contributed by atoms with E-state index in [1.807, 2.05) is 0 Å². The molecular formula is C17H21ClFN5O3. The standard InChI is InChI=1S/C17H21ClFN5O3/c1-22(11-17(25)26)9-14-10-23(4-5-27-14)7-13-8-24(21-20-13)16-3-2-12(19)6-15(16)18/h2-3,6,8,14H,4-5,7,9-11H2,1H3,(H,25,26). The quantitative estimate of drug-likeness (QED) is 0.753. The van der Waals surface area contributed by atoms with Gasteiger partial charge in [0.1, 0.15) is 5.82 Å².